The van der Waals surface area contributed by atoms with E-state index < -0.39 is 6.29 Å². The monoisotopic (exact) mass is 684 g/mol. The van der Waals surface area contributed by atoms with Gasteiger partial charge in [0.15, 0.2) is 6.29 Å². The summed E-state index contributed by atoms with van der Waals surface area (Å²) < 4.78 is 13.8. The van der Waals surface area contributed by atoms with Gasteiger partial charge in [-0.15, -0.1) is 0 Å². The van der Waals surface area contributed by atoms with E-state index in [1.165, 1.54) is 77.0 Å². The quantitative estimate of drug-likeness (QED) is 0.103. The summed E-state index contributed by atoms with van der Waals surface area (Å²) >= 11 is 0. The molecule has 3 aromatic carbocycles. The van der Waals surface area contributed by atoms with Crippen molar-refractivity contribution >= 4 is 5.91 Å². The molecule has 1 aliphatic heterocycles. The summed E-state index contributed by atoms with van der Waals surface area (Å²) in [5.74, 6) is 0.113. The van der Waals surface area contributed by atoms with Gasteiger partial charge in [0.1, 0.15) is 0 Å². The lowest BCUT2D eigenvalue weighted by atomic mass is 9.89. The molecule has 0 radical (unpaired) electrons. The van der Waals surface area contributed by atoms with Gasteiger partial charge in [-0.2, -0.15) is 0 Å². The number of nitrogens with zero attached hydrogens (tertiary/aromatic N) is 1. The lowest BCUT2D eigenvalue weighted by Gasteiger charge is -2.43. The Morgan fingerprint density at radius 1 is 0.720 bits per heavy atom. The molecule has 1 saturated heterocycles. The smallest absolute Gasteiger partial charge is 0.217 e. The minimum Gasteiger partial charge on any atom is -0.392 e. The van der Waals surface area contributed by atoms with Gasteiger partial charge in [0, 0.05) is 31.5 Å². The number of aliphatic hydroxyl groups excluding tert-OH is 1. The van der Waals surface area contributed by atoms with Crippen LogP contribution < -0.4 is 5.32 Å². The number of hydrogen-bond acceptors (Lipinski definition) is 5. The molecule has 0 aromatic heterocycles. The molecule has 6 heteroatoms. The Morgan fingerprint density at radius 3 is 1.94 bits per heavy atom. The van der Waals surface area contributed by atoms with Crippen molar-refractivity contribution in [3.63, 3.8) is 0 Å². The van der Waals surface area contributed by atoms with Crippen molar-refractivity contribution in [2.24, 2.45) is 5.92 Å². The molecule has 2 N–H and O–H groups in total. The normalized spacial score (nSPS) is 19.2. The van der Waals surface area contributed by atoms with Crippen molar-refractivity contribution < 1.29 is 19.4 Å². The van der Waals surface area contributed by atoms with E-state index in [1.54, 1.807) is 6.92 Å². The van der Waals surface area contributed by atoms with Crippen LogP contribution in [0.15, 0.2) is 72.8 Å². The summed E-state index contributed by atoms with van der Waals surface area (Å²) in [4.78, 5) is 14.2. The number of rotatable bonds is 22. The number of amides is 1. The van der Waals surface area contributed by atoms with E-state index >= 15 is 0 Å². The minimum atomic E-state index is -0.508. The highest BCUT2D eigenvalue weighted by molar-refractivity contribution is 5.73. The van der Waals surface area contributed by atoms with E-state index in [-0.39, 0.29) is 30.6 Å². The standard InChI is InChI=1S/C44H64N2O4/c1-5-7-9-11-13-15-27-46(28-16-14-12-10-8-6-2)32-42-34(3)43(38-25-23-36(33-47)24-26-38)50-44(49-42)41-22-18-21-40(30-41)39-20-17-19-37(29-39)31-45-35(4)48/h17-26,29-30,34,42-44,47H,5-16,27-28,31-33H2,1-4H3,(H,45,48). The molecule has 1 amide bonds. The predicted molar refractivity (Wildman–Crippen MR) is 206 cm³/mol. The van der Waals surface area contributed by atoms with Gasteiger partial charge in [-0.25, -0.2) is 0 Å². The van der Waals surface area contributed by atoms with E-state index in [4.69, 9.17) is 9.47 Å². The third kappa shape index (κ3) is 12.9. The van der Waals surface area contributed by atoms with Crippen molar-refractivity contribution in [2.75, 3.05) is 19.6 Å². The van der Waals surface area contributed by atoms with Gasteiger partial charge in [0.25, 0.3) is 0 Å². The number of benzene rings is 3. The third-order valence-electron chi connectivity index (χ3n) is 10.2. The molecule has 0 saturated carbocycles. The molecule has 4 atom stereocenters. The third-order valence-corrected chi connectivity index (χ3v) is 10.2. The maximum atomic E-state index is 11.5. The summed E-state index contributed by atoms with van der Waals surface area (Å²) in [5, 5.41) is 12.6. The van der Waals surface area contributed by atoms with Crippen LogP contribution in [0.25, 0.3) is 11.1 Å². The molecule has 1 heterocycles. The number of unbranched alkanes of at least 4 members (excludes halogenated alkanes) is 10. The maximum Gasteiger partial charge on any atom is 0.217 e. The molecule has 4 unspecified atom stereocenters. The number of carbonyl (C=O) groups is 1. The Hall–Kier alpha value is -3.03. The molecule has 274 valence electrons. The first-order chi connectivity index (χ1) is 24.4. The lowest BCUT2D eigenvalue weighted by molar-refractivity contribution is -0.276. The fourth-order valence-corrected chi connectivity index (χ4v) is 7.06. The second-order valence-electron chi connectivity index (χ2n) is 14.4. The van der Waals surface area contributed by atoms with Crippen molar-refractivity contribution in [3.8, 4) is 11.1 Å². The summed E-state index contributed by atoms with van der Waals surface area (Å²) in [6, 6.07) is 25.0. The number of hydrogen-bond donors (Lipinski definition) is 2. The van der Waals surface area contributed by atoms with Crippen molar-refractivity contribution in [3.05, 3.63) is 95.1 Å². The summed E-state index contributed by atoms with van der Waals surface area (Å²) in [6.45, 7) is 12.0. The maximum absolute atomic E-state index is 11.5. The number of ether oxygens (including phenoxy) is 2. The van der Waals surface area contributed by atoms with Crippen LogP contribution >= 0.6 is 0 Å². The molecular weight excluding hydrogens is 620 g/mol. The van der Waals surface area contributed by atoms with Crippen LogP contribution in [0.5, 0.6) is 0 Å². The molecule has 6 nitrogen and oxygen atoms in total. The summed E-state index contributed by atoms with van der Waals surface area (Å²) in [5.41, 5.74) is 6.26. The van der Waals surface area contributed by atoms with E-state index in [0.29, 0.717) is 6.54 Å². The molecule has 4 rings (SSSR count). The molecule has 1 aliphatic rings. The van der Waals surface area contributed by atoms with Crippen LogP contribution in [-0.4, -0.2) is 41.7 Å². The summed E-state index contributed by atoms with van der Waals surface area (Å²) in [6.07, 6.45) is 14.9. The van der Waals surface area contributed by atoms with Gasteiger partial charge < -0.3 is 24.8 Å². The first-order valence-corrected chi connectivity index (χ1v) is 19.6. The zero-order chi connectivity index (χ0) is 35.6. The van der Waals surface area contributed by atoms with Crippen molar-refractivity contribution in [1.29, 1.82) is 0 Å². The first-order valence-electron chi connectivity index (χ1n) is 19.6. The highest BCUT2D eigenvalue weighted by Gasteiger charge is 2.39. The Balaban J connectivity index is 1.55. The zero-order valence-corrected chi connectivity index (χ0v) is 31.4. The van der Waals surface area contributed by atoms with Crippen LogP contribution in [0.4, 0.5) is 0 Å². The number of carbonyl (C=O) groups excluding carboxylic acids is 1. The van der Waals surface area contributed by atoms with E-state index in [1.807, 2.05) is 24.3 Å². The van der Waals surface area contributed by atoms with Crippen molar-refractivity contribution in [1.82, 2.24) is 10.2 Å². The van der Waals surface area contributed by atoms with Gasteiger partial charge in [0.2, 0.25) is 5.91 Å². The van der Waals surface area contributed by atoms with Crippen LogP contribution in [0, 0.1) is 5.92 Å². The molecule has 50 heavy (non-hydrogen) atoms. The van der Waals surface area contributed by atoms with Gasteiger partial charge >= 0.3 is 0 Å². The summed E-state index contributed by atoms with van der Waals surface area (Å²) in [7, 11) is 0. The predicted octanol–water partition coefficient (Wildman–Crippen LogP) is 10.3. The topological polar surface area (TPSA) is 71.0 Å². The molecule has 0 bridgehead atoms. The van der Waals surface area contributed by atoms with Gasteiger partial charge in [-0.05, 0) is 65.9 Å². The SMILES string of the molecule is CCCCCCCCN(CCCCCCCC)CC1OC(c2cccc(-c3cccc(CNC(C)=O)c3)c2)OC(c2ccc(CO)cc2)C1C. The fraction of sp³-hybridized carbons (Fsp3) is 0.568. The highest BCUT2D eigenvalue weighted by Crippen LogP contribution is 2.42. The first kappa shape index (κ1) is 39.8. The Labute approximate surface area is 303 Å². The van der Waals surface area contributed by atoms with E-state index in [0.717, 1.165) is 53.0 Å². The second-order valence-corrected chi connectivity index (χ2v) is 14.4. The average Bonchev–Trinajstić information content (AvgIpc) is 3.14. The fourth-order valence-electron chi connectivity index (χ4n) is 7.06. The van der Waals surface area contributed by atoms with Crippen LogP contribution in [0.2, 0.25) is 0 Å². The second kappa shape index (κ2) is 22.0. The van der Waals surface area contributed by atoms with Gasteiger partial charge in [-0.1, -0.05) is 146 Å². The molecular formula is C44H64N2O4. The Bertz CT molecular complexity index is 1380. The molecule has 3 aromatic rings. The molecule has 0 spiro atoms. The Kier molecular flexibility index (Phi) is 17.5. The van der Waals surface area contributed by atoms with Gasteiger partial charge in [0.05, 0.1) is 18.8 Å². The van der Waals surface area contributed by atoms with E-state index in [9.17, 15) is 9.90 Å². The number of nitrogens with one attached hydrogen (secondary N) is 1. The largest absolute Gasteiger partial charge is 0.392 e. The van der Waals surface area contributed by atoms with Crippen LogP contribution in [0.3, 0.4) is 0 Å². The van der Waals surface area contributed by atoms with Crippen molar-refractivity contribution in [2.45, 2.75) is 136 Å². The molecule has 0 aliphatic carbocycles. The minimum absolute atomic E-state index is 0.00101. The average molecular weight is 685 g/mol. The lowest BCUT2D eigenvalue weighted by Crippen LogP contribution is -2.45. The van der Waals surface area contributed by atoms with Crippen LogP contribution in [0.1, 0.15) is 139 Å². The van der Waals surface area contributed by atoms with E-state index in [2.05, 4.69) is 79.5 Å². The Morgan fingerprint density at radius 2 is 1.32 bits per heavy atom. The van der Waals surface area contributed by atoms with Gasteiger partial charge in [-0.3, -0.25) is 4.79 Å². The highest BCUT2D eigenvalue weighted by atomic mass is 16.7. The zero-order valence-electron chi connectivity index (χ0n) is 31.4. The number of aliphatic hydroxyl groups is 1. The molecule has 1 fully saturated rings. The van der Waals surface area contributed by atoms with Crippen LogP contribution in [-0.2, 0) is 27.4 Å².